The Hall–Kier alpha value is -2.25. The molecule has 0 unspecified atom stereocenters. The van der Waals surface area contributed by atoms with E-state index in [0.29, 0.717) is 25.9 Å². The van der Waals surface area contributed by atoms with Gasteiger partial charge in [-0.3, -0.25) is 4.79 Å². The van der Waals surface area contributed by atoms with Crippen LogP contribution in [0.15, 0.2) is 53.4 Å². The number of carbonyl (C=O) groups is 1. The van der Waals surface area contributed by atoms with Gasteiger partial charge >= 0.3 is 0 Å². The van der Waals surface area contributed by atoms with Crippen LogP contribution in [-0.2, 0) is 20.2 Å². The van der Waals surface area contributed by atoms with E-state index in [1.807, 2.05) is 13.0 Å². The lowest BCUT2D eigenvalue weighted by molar-refractivity contribution is -0.142. The maximum atomic E-state index is 13.7. The van der Waals surface area contributed by atoms with Crippen molar-refractivity contribution in [1.82, 2.24) is 9.21 Å². The highest BCUT2D eigenvalue weighted by Gasteiger charge is 2.48. The van der Waals surface area contributed by atoms with Gasteiger partial charge in [-0.05, 0) is 49.6 Å². The SMILES string of the molecule is Cc1ccc(S(=O)(=O)N2CCN(C(=O)C3(c4cccc(F)c4)CCC3)CC2)cc1. The lowest BCUT2D eigenvalue weighted by atomic mass is 9.63. The van der Waals surface area contributed by atoms with Crippen LogP contribution >= 0.6 is 0 Å². The van der Waals surface area contributed by atoms with Crippen molar-refractivity contribution in [3.8, 4) is 0 Å². The molecule has 154 valence electrons. The van der Waals surface area contributed by atoms with E-state index in [9.17, 15) is 17.6 Å². The molecule has 1 aliphatic heterocycles. The molecule has 2 aromatic carbocycles. The summed E-state index contributed by atoms with van der Waals surface area (Å²) in [6, 6.07) is 13.1. The van der Waals surface area contributed by atoms with Crippen LogP contribution in [0.2, 0.25) is 0 Å². The number of halogens is 1. The average Bonchev–Trinajstić information content (AvgIpc) is 2.67. The van der Waals surface area contributed by atoms with Crippen molar-refractivity contribution in [2.24, 2.45) is 0 Å². The van der Waals surface area contributed by atoms with Crippen molar-refractivity contribution >= 4 is 15.9 Å². The van der Waals surface area contributed by atoms with Crippen LogP contribution in [-0.4, -0.2) is 49.7 Å². The Labute approximate surface area is 171 Å². The molecule has 1 amide bonds. The van der Waals surface area contributed by atoms with E-state index in [1.54, 1.807) is 35.2 Å². The Kier molecular flexibility index (Phi) is 5.21. The molecule has 0 spiro atoms. The van der Waals surface area contributed by atoms with Crippen molar-refractivity contribution in [1.29, 1.82) is 0 Å². The molecule has 1 aliphatic carbocycles. The first-order valence-electron chi connectivity index (χ1n) is 9.95. The van der Waals surface area contributed by atoms with Crippen molar-refractivity contribution in [2.75, 3.05) is 26.2 Å². The third-order valence-electron chi connectivity index (χ3n) is 6.18. The van der Waals surface area contributed by atoms with Gasteiger partial charge in [0.2, 0.25) is 15.9 Å². The number of benzene rings is 2. The quantitative estimate of drug-likeness (QED) is 0.770. The average molecular weight is 417 g/mol. The Bertz CT molecular complexity index is 1010. The van der Waals surface area contributed by atoms with Crippen LogP contribution in [0.4, 0.5) is 4.39 Å². The molecular formula is C22H25FN2O3S. The Morgan fingerprint density at radius 2 is 1.66 bits per heavy atom. The van der Waals surface area contributed by atoms with Gasteiger partial charge in [0, 0.05) is 26.2 Å². The second-order valence-corrected chi connectivity index (χ2v) is 9.89. The molecule has 0 aromatic heterocycles. The molecule has 7 heteroatoms. The fourth-order valence-electron chi connectivity index (χ4n) is 4.24. The lowest BCUT2D eigenvalue weighted by Gasteiger charge is -2.45. The second-order valence-electron chi connectivity index (χ2n) is 7.96. The molecule has 1 heterocycles. The fourth-order valence-corrected chi connectivity index (χ4v) is 5.66. The lowest BCUT2D eigenvalue weighted by Crippen LogP contribution is -2.57. The number of carbonyl (C=O) groups excluding carboxylic acids is 1. The van der Waals surface area contributed by atoms with Gasteiger partial charge in [0.25, 0.3) is 0 Å². The number of aryl methyl sites for hydroxylation is 1. The van der Waals surface area contributed by atoms with Crippen LogP contribution in [0.25, 0.3) is 0 Å². The van der Waals surface area contributed by atoms with E-state index in [4.69, 9.17) is 0 Å². The summed E-state index contributed by atoms with van der Waals surface area (Å²) >= 11 is 0. The first-order valence-corrected chi connectivity index (χ1v) is 11.4. The predicted molar refractivity (Wildman–Crippen MR) is 108 cm³/mol. The zero-order valence-corrected chi connectivity index (χ0v) is 17.3. The van der Waals surface area contributed by atoms with E-state index in [0.717, 1.165) is 17.5 Å². The maximum absolute atomic E-state index is 13.7. The number of nitrogens with zero attached hydrogens (tertiary/aromatic N) is 2. The summed E-state index contributed by atoms with van der Waals surface area (Å²) in [6.45, 7) is 3.14. The highest BCUT2D eigenvalue weighted by Crippen LogP contribution is 2.45. The van der Waals surface area contributed by atoms with E-state index in [1.165, 1.54) is 16.4 Å². The van der Waals surface area contributed by atoms with Gasteiger partial charge in [0.15, 0.2) is 0 Å². The molecule has 0 bridgehead atoms. The van der Waals surface area contributed by atoms with Gasteiger partial charge in [0.05, 0.1) is 10.3 Å². The summed E-state index contributed by atoms with van der Waals surface area (Å²) in [7, 11) is -3.57. The second kappa shape index (κ2) is 7.54. The third kappa shape index (κ3) is 3.57. The summed E-state index contributed by atoms with van der Waals surface area (Å²) in [5, 5.41) is 0. The minimum Gasteiger partial charge on any atom is -0.339 e. The van der Waals surface area contributed by atoms with Crippen molar-refractivity contribution in [2.45, 2.75) is 36.5 Å². The maximum Gasteiger partial charge on any atom is 0.243 e. The molecule has 4 rings (SSSR count). The van der Waals surface area contributed by atoms with Crippen molar-refractivity contribution < 1.29 is 17.6 Å². The minimum atomic E-state index is -3.57. The van der Waals surface area contributed by atoms with Crippen LogP contribution in [0, 0.1) is 12.7 Å². The standard InChI is InChI=1S/C22H25FN2O3S/c1-17-6-8-20(9-7-17)29(27,28)25-14-12-24(13-15-25)21(26)22(10-3-11-22)18-4-2-5-19(23)16-18/h2,4-9,16H,3,10-15H2,1H3. The van der Waals surface area contributed by atoms with E-state index >= 15 is 0 Å². The molecule has 29 heavy (non-hydrogen) atoms. The van der Waals surface area contributed by atoms with E-state index in [-0.39, 0.29) is 29.7 Å². The number of sulfonamides is 1. The molecule has 1 saturated heterocycles. The normalized spacial score (nSPS) is 19.6. The molecule has 2 aliphatic rings. The molecule has 0 radical (unpaired) electrons. The monoisotopic (exact) mass is 416 g/mol. The molecule has 0 atom stereocenters. The number of piperazine rings is 1. The van der Waals surface area contributed by atoms with Gasteiger partial charge in [0.1, 0.15) is 5.82 Å². The van der Waals surface area contributed by atoms with Crippen LogP contribution in [0.3, 0.4) is 0 Å². The van der Waals surface area contributed by atoms with Gasteiger partial charge in [-0.2, -0.15) is 4.31 Å². The van der Waals surface area contributed by atoms with Crippen LogP contribution < -0.4 is 0 Å². The van der Waals surface area contributed by atoms with Crippen molar-refractivity contribution in [3.05, 3.63) is 65.5 Å². The number of hydrogen-bond acceptors (Lipinski definition) is 3. The van der Waals surface area contributed by atoms with Gasteiger partial charge in [-0.15, -0.1) is 0 Å². The third-order valence-corrected chi connectivity index (χ3v) is 8.09. The zero-order chi connectivity index (χ0) is 20.6. The molecule has 0 N–H and O–H groups in total. The van der Waals surface area contributed by atoms with E-state index < -0.39 is 15.4 Å². The van der Waals surface area contributed by atoms with Gasteiger partial charge < -0.3 is 4.90 Å². The van der Waals surface area contributed by atoms with E-state index in [2.05, 4.69) is 0 Å². The predicted octanol–water partition coefficient (Wildman–Crippen LogP) is 3.09. The number of amides is 1. The molecule has 2 fully saturated rings. The first kappa shape index (κ1) is 20.0. The summed E-state index contributed by atoms with van der Waals surface area (Å²) in [6.07, 6.45) is 2.35. The van der Waals surface area contributed by atoms with Crippen LogP contribution in [0.1, 0.15) is 30.4 Å². The largest absolute Gasteiger partial charge is 0.339 e. The van der Waals surface area contributed by atoms with Crippen LogP contribution in [0.5, 0.6) is 0 Å². The first-order chi connectivity index (χ1) is 13.8. The zero-order valence-electron chi connectivity index (χ0n) is 16.5. The summed E-state index contributed by atoms with van der Waals surface area (Å²) < 4.78 is 40.9. The molecule has 5 nitrogen and oxygen atoms in total. The molecule has 2 aromatic rings. The minimum absolute atomic E-state index is 0.0123. The summed E-state index contributed by atoms with van der Waals surface area (Å²) in [4.78, 5) is 15.3. The highest BCUT2D eigenvalue weighted by atomic mass is 32.2. The van der Waals surface area contributed by atoms with Crippen molar-refractivity contribution in [3.63, 3.8) is 0 Å². The smallest absolute Gasteiger partial charge is 0.243 e. The molecule has 1 saturated carbocycles. The fraction of sp³-hybridized carbons (Fsp3) is 0.409. The number of hydrogen-bond donors (Lipinski definition) is 0. The number of rotatable bonds is 4. The highest BCUT2D eigenvalue weighted by molar-refractivity contribution is 7.89. The Morgan fingerprint density at radius 1 is 1.00 bits per heavy atom. The Balaban J connectivity index is 1.48. The molecular weight excluding hydrogens is 391 g/mol. The summed E-state index contributed by atoms with van der Waals surface area (Å²) in [5.74, 6) is -0.350. The summed E-state index contributed by atoms with van der Waals surface area (Å²) in [5.41, 5.74) is 1.06. The van der Waals surface area contributed by atoms with Gasteiger partial charge in [-0.1, -0.05) is 36.2 Å². The van der Waals surface area contributed by atoms with Gasteiger partial charge in [-0.25, -0.2) is 12.8 Å². The Morgan fingerprint density at radius 3 is 2.21 bits per heavy atom. The topological polar surface area (TPSA) is 57.7 Å².